The minimum absolute atomic E-state index is 0.153. The maximum atomic E-state index is 12.3. The summed E-state index contributed by atoms with van der Waals surface area (Å²) in [6.45, 7) is 2.18. The van der Waals surface area contributed by atoms with Gasteiger partial charge < -0.3 is 4.42 Å². The second-order valence-corrected chi connectivity index (χ2v) is 6.41. The van der Waals surface area contributed by atoms with Crippen LogP contribution in [-0.4, -0.2) is 12.1 Å². The van der Waals surface area contributed by atoms with Gasteiger partial charge in [0.1, 0.15) is 11.8 Å². The minimum Gasteiger partial charge on any atom is -0.463 e. The lowest BCUT2D eigenvalue weighted by atomic mass is 10.1. The zero-order valence-corrected chi connectivity index (χ0v) is 15.1. The lowest BCUT2D eigenvalue weighted by Gasteiger charge is -2.01. The highest BCUT2D eigenvalue weighted by atomic mass is 35.5. The second kappa shape index (κ2) is 9.99. The molecule has 0 aliphatic heterocycles. The molecule has 2 aromatic rings. The molecule has 0 saturated carbocycles. The molecular formula is C19H23ClN2O3. The first kappa shape index (κ1) is 19.2. The van der Waals surface area contributed by atoms with Crippen LogP contribution in [0.5, 0.6) is 0 Å². The first-order valence-corrected chi connectivity index (χ1v) is 9.02. The molecule has 0 bridgehead atoms. The van der Waals surface area contributed by atoms with Crippen molar-refractivity contribution in [2.75, 3.05) is 0 Å². The third kappa shape index (κ3) is 6.02. The van der Waals surface area contributed by atoms with Gasteiger partial charge in [-0.15, -0.1) is 0 Å². The Kier molecular flexibility index (Phi) is 7.67. The van der Waals surface area contributed by atoms with Crippen LogP contribution >= 0.6 is 11.6 Å². The average Bonchev–Trinajstić information content (AvgIpc) is 2.60. The molecule has 1 aromatic heterocycles. The molecule has 1 amide bonds. The molecule has 0 aliphatic rings. The molecule has 0 unspecified atom stereocenters. The van der Waals surface area contributed by atoms with Crippen molar-refractivity contribution in [3.8, 4) is 0 Å². The van der Waals surface area contributed by atoms with E-state index < -0.39 is 0 Å². The van der Waals surface area contributed by atoms with Crippen molar-refractivity contribution < 1.29 is 9.21 Å². The number of halogens is 1. The number of unbranched alkanes of at least 4 members (excludes halogenated alkanes) is 5. The average molecular weight is 363 g/mol. The number of carbonyl (C=O) groups is 1. The van der Waals surface area contributed by atoms with Crippen molar-refractivity contribution in [2.45, 2.75) is 51.9 Å². The van der Waals surface area contributed by atoms with E-state index in [1.165, 1.54) is 31.7 Å². The largest absolute Gasteiger partial charge is 0.463 e. The molecule has 0 aliphatic carbocycles. The van der Waals surface area contributed by atoms with Gasteiger partial charge in [0.25, 0.3) is 0 Å². The first-order valence-electron chi connectivity index (χ1n) is 8.64. The van der Waals surface area contributed by atoms with Gasteiger partial charge in [0.15, 0.2) is 0 Å². The molecule has 0 radical (unpaired) electrons. The summed E-state index contributed by atoms with van der Waals surface area (Å²) >= 11 is 5.91. The molecule has 1 aromatic carbocycles. The summed E-state index contributed by atoms with van der Waals surface area (Å²) in [5.74, 6) is -0.153. The van der Waals surface area contributed by atoms with Crippen LogP contribution in [0.2, 0.25) is 5.02 Å². The summed E-state index contributed by atoms with van der Waals surface area (Å²) < 4.78 is 5.39. The number of hydrogen-bond acceptors (Lipinski definition) is 4. The molecular weight excluding hydrogens is 340 g/mol. The number of nitrogens with zero attached hydrogens (tertiary/aromatic N) is 1. The Morgan fingerprint density at radius 1 is 1.24 bits per heavy atom. The number of nitrogens with one attached hydrogen (secondary N) is 1. The highest BCUT2D eigenvalue weighted by Gasteiger charge is 2.06. The van der Waals surface area contributed by atoms with Crippen LogP contribution in [0.1, 0.15) is 57.4 Å². The molecule has 0 fully saturated rings. The molecule has 25 heavy (non-hydrogen) atoms. The van der Waals surface area contributed by atoms with Gasteiger partial charge in [0.05, 0.1) is 17.2 Å². The number of benzene rings is 1. The molecule has 5 nitrogen and oxygen atoms in total. The molecule has 0 atom stereocenters. The molecule has 1 N–H and O–H groups in total. The number of hydrazone groups is 1. The summed E-state index contributed by atoms with van der Waals surface area (Å²) in [6.07, 6.45) is 9.79. The quantitative estimate of drug-likeness (QED) is 0.401. The zero-order chi connectivity index (χ0) is 18.1. The number of carbonyl (C=O) groups excluding carboxylic acids is 1. The third-order valence-corrected chi connectivity index (χ3v) is 4.15. The van der Waals surface area contributed by atoms with Crippen LogP contribution in [0.25, 0.3) is 11.0 Å². The predicted molar refractivity (Wildman–Crippen MR) is 101 cm³/mol. The van der Waals surface area contributed by atoms with Crippen LogP contribution < -0.4 is 10.9 Å². The summed E-state index contributed by atoms with van der Waals surface area (Å²) in [7, 11) is 0. The van der Waals surface area contributed by atoms with Gasteiger partial charge >= 0.3 is 0 Å². The Labute approximate surface area is 152 Å². The fraction of sp³-hybridized carbons (Fsp3) is 0.421. The van der Waals surface area contributed by atoms with Gasteiger partial charge in [-0.2, -0.15) is 5.10 Å². The van der Waals surface area contributed by atoms with Crippen molar-refractivity contribution in [3.63, 3.8) is 0 Å². The van der Waals surface area contributed by atoms with Gasteiger partial charge in [0.2, 0.25) is 11.3 Å². The van der Waals surface area contributed by atoms with Crippen LogP contribution in [0.15, 0.2) is 38.8 Å². The lowest BCUT2D eigenvalue weighted by Crippen LogP contribution is -2.18. The Balaban J connectivity index is 1.85. The van der Waals surface area contributed by atoms with E-state index in [4.69, 9.17) is 16.0 Å². The maximum Gasteiger partial charge on any atom is 0.240 e. The molecule has 1 heterocycles. The first-order chi connectivity index (χ1) is 12.1. The molecule has 6 heteroatoms. The van der Waals surface area contributed by atoms with Crippen LogP contribution in [0.4, 0.5) is 0 Å². The zero-order valence-electron chi connectivity index (χ0n) is 14.4. The van der Waals surface area contributed by atoms with Crippen molar-refractivity contribution in [1.82, 2.24) is 5.43 Å². The lowest BCUT2D eigenvalue weighted by molar-refractivity contribution is -0.121. The third-order valence-electron chi connectivity index (χ3n) is 3.91. The predicted octanol–water partition coefficient (Wildman–Crippen LogP) is 4.65. The van der Waals surface area contributed by atoms with E-state index in [1.807, 2.05) is 0 Å². The van der Waals surface area contributed by atoms with E-state index in [0.29, 0.717) is 22.4 Å². The molecule has 0 spiro atoms. The summed E-state index contributed by atoms with van der Waals surface area (Å²) in [4.78, 5) is 24.1. The fourth-order valence-corrected chi connectivity index (χ4v) is 2.68. The van der Waals surface area contributed by atoms with E-state index in [0.717, 1.165) is 19.3 Å². The van der Waals surface area contributed by atoms with E-state index in [2.05, 4.69) is 17.5 Å². The Morgan fingerprint density at radius 2 is 2.00 bits per heavy atom. The summed E-state index contributed by atoms with van der Waals surface area (Å²) in [6, 6.07) is 4.85. The van der Waals surface area contributed by atoms with E-state index in [9.17, 15) is 9.59 Å². The number of fused-ring (bicyclic) bond motifs is 1. The van der Waals surface area contributed by atoms with Crippen LogP contribution in [0.3, 0.4) is 0 Å². The summed E-state index contributed by atoms with van der Waals surface area (Å²) in [5.41, 5.74) is 2.92. The van der Waals surface area contributed by atoms with Crippen molar-refractivity contribution >= 4 is 34.7 Å². The number of hydrogen-bond donors (Lipinski definition) is 1. The molecule has 0 saturated heterocycles. The van der Waals surface area contributed by atoms with Gasteiger partial charge in [-0.05, 0) is 24.6 Å². The van der Waals surface area contributed by atoms with Crippen LogP contribution in [-0.2, 0) is 4.79 Å². The number of amides is 1. The SMILES string of the molecule is CCCCCCCCC(=O)N/N=C\c1coc2ccc(Cl)cc2c1=O. The molecule has 2 rings (SSSR count). The Bertz CT molecular complexity index is 799. The van der Waals surface area contributed by atoms with Gasteiger partial charge in [-0.25, -0.2) is 5.43 Å². The minimum atomic E-state index is -0.238. The fourth-order valence-electron chi connectivity index (χ4n) is 2.50. The number of rotatable bonds is 9. The van der Waals surface area contributed by atoms with Gasteiger partial charge in [-0.1, -0.05) is 50.6 Å². The monoisotopic (exact) mass is 362 g/mol. The van der Waals surface area contributed by atoms with Crippen molar-refractivity contribution in [1.29, 1.82) is 0 Å². The smallest absolute Gasteiger partial charge is 0.240 e. The van der Waals surface area contributed by atoms with Gasteiger partial charge in [0, 0.05) is 11.4 Å². The topological polar surface area (TPSA) is 71.7 Å². The van der Waals surface area contributed by atoms with Crippen molar-refractivity contribution in [3.05, 3.63) is 45.3 Å². The highest BCUT2D eigenvalue weighted by Crippen LogP contribution is 2.16. The normalized spacial score (nSPS) is 11.3. The Hall–Kier alpha value is -2.14. The van der Waals surface area contributed by atoms with E-state index in [-0.39, 0.29) is 16.9 Å². The van der Waals surface area contributed by atoms with Gasteiger partial charge in [-0.3, -0.25) is 9.59 Å². The standard InChI is InChI=1S/C19H23ClN2O3/c1-2-3-4-5-6-7-8-18(23)22-21-12-14-13-25-17-10-9-15(20)11-16(17)19(14)24/h9-13H,2-8H2,1H3,(H,22,23)/b21-12-. The second-order valence-electron chi connectivity index (χ2n) is 5.97. The van der Waals surface area contributed by atoms with Crippen molar-refractivity contribution in [2.24, 2.45) is 5.10 Å². The molecule has 134 valence electrons. The Morgan fingerprint density at radius 3 is 2.80 bits per heavy atom. The maximum absolute atomic E-state index is 12.3. The van der Waals surface area contributed by atoms with E-state index >= 15 is 0 Å². The highest BCUT2D eigenvalue weighted by molar-refractivity contribution is 6.31. The van der Waals surface area contributed by atoms with E-state index in [1.54, 1.807) is 18.2 Å². The van der Waals surface area contributed by atoms with Crippen LogP contribution in [0, 0.1) is 0 Å². The summed E-state index contributed by atoms with van der Waals surface area (Å²) in [5, 5.41) is 4.69.